The van der Waals surface area contributed by atoms with Gasteiger partial charge in [-0.3, -0.25) is 9.89 Å². The van der Waals surface area contributed by atoms with Gasteiger partial charge in [0.05, 0.1) is 0 Å². The molecule has 3 rings (SSSR count). The normalized spacial score (nSPS) is 16.3. The lowest BCUT2D eigenvalue weighted by atomic mass is 9.94. The van der Waals surface area contributed by atoms with Gasteiger partial charge >= 0.3 is 0 Å². The van der Waals surface area contributed by atoms with Crippen LogP contribution in [0.2, 0.25) is 0 Å². The highest BCUT2D eigenvalue weighted by molar-refractivity contribution is 5.86. The van der Waals surface area contributed by atoms with Gasteiger partial charge in [-0.05, 0) is 37.1 Å². The predicted molar refractivity (Wildman–Crippen MR) is 115 cm³/mol. The molecule has 0 atom stereocenters. The summed E-state index contributed by atoms with van der Waals surface area (Å²) >= 11 is 0. The second-order valence-electron chi connectivity index (χ2n) is 7.41. The molecule has 1 heterocycles. The van der Waals surface area contributed by atoms with Crippen molar-refractivity contribution in [3.05, 3.63) is 84.1 Å². The number of hydrogen-bond donors (Lipinski definition) is 0. The topological polar surface area (TPSA) is 18.8 Å². The number of amidine groups is 1. The van der Waals surface area contributed by atoms with E-state index in [0.717, 1.165) is 44.6 Å². The van der Waals surface area contributed by atoms with Gasteiger partial charge in [0.25, 0.3) is 0 Å². The van der Waals surface area contributed by atoms with Gasteiger partial charge in [0.2, 0.25) is 0 Å². The van der Waals surface area contributed by atoms with Crippen molar-refractivity contribution in [2.75, 3.05) is 27.2 Å². The van der Waals surface area contributed by atoms with Crippen molar-refractivity contribution in [3.63, 3.8) is 0 Å². The molecule has 0 amide bonds. The summed E-state index contributed by atoms with van der Waals surface area (Å²) in [5.41, 5.74) is 3.80. The molecular formula is C24H31N3. The Morgan fingerprint density at radius 2 is 1.56 bits per heavy atom. The first-order chi connectivity index (χ1) is 13.2. The van der Waals surface area contributed by atoms with Gasteiger partial charge in [0.1, 0.15) is 5.84 Å². The number of rotatable bonds is 6. The summed E-state index contributed by atoms with van der Waals surface area (Å²) in [6, 6.07) is 21.3. The summed E-state index contributed by atoms with van der Waals surface area (Å²) < 4.78 is 0. The lowest BCUT2D eigenvalue weighted by Crippen LogP contribution is -2.41. The van der Waals surface area contributed by atoms with Gasteiger partial charge in [-0.25, -0.2) is 0 Å². The van der Waals surface area contributed by atoms with Crippen LogP contribution in [-0.4, -0.2) is 42.8 Å². The molecule has 3 nitrogen and oxygen atoms in total. The van der Waals surface area contributed by atoms with Crippen molar-refractivity contribution in [3.8, 4) is 0 Å². The SMILES string of the molecule is C=C(Cc1ccccc1)N(C)C(=NC)C1CCN(Cc2ccccc2)CC1. The molecule has 1 fully saturated rings. The van der Waals surface area contributed by atoms with Gasteiger partial charge in [0.15, 0.2) is 0 Å². The number of benzene rings is 2. The van der Waals surface area contributed by atoms with Gasteiger partial charge in [-0.15, -0.1) is 0 Å². The number of hydrogen-bond acceptors (Lipinski definition) is 2. The smallest absolute Gasteiger partial charge is 0.106 e. The molecule has 0 N–H and O–H groups in total. The number of piperidine rings is 1. The quantitative estimate of drug-likeness (QED) is 0.552. The van der Waals surface area contributed by atoms with Gasteiger partial charge in [-0.1, -0.05) is 67.2 Å². The summed E-state index contributed by atoms with van der Waals surface area (Å²) in [6.07, 6.45) is 3.17. The predicted octanol–water partition coefficient (Wildman–Crippen LogP) is 4.62. The molecular weight excluding hydrogens is 330 g/mol. The van der Waals surface area contributed by atoms with Crippen LogP contribution in [0.25, 0.3) is 0 Å². The van der Waals surface area contributed by atoms with E-state index >= 15 is 0 Å². The highest BCUT2D eigenvalue weighted by Crippen LogP contribution is 2.23. The number of aliphatic imine (C=N–C) groups is 1. The Morgan fingerprint density at radius 3 is 2.11 bits per heavy atom. The number of nitrogens with zero attached hydrogens (tertiary/aromatic N) is 3. The zero-order chi connectivity index (χ0) is 19.1. The van der Waals surface area contributed by atoms with Crippen LogP contribution in [0, 0.1) is 5.92 Å². The third-order valence-electron chi connectivity index (χ3n) is 5.50. The second-order valence-corrected chi connectivity index (χ2v) is 7.41. The van der Waals surface area contributed by atoms with Crippen molar-refractivity contribution in [1.82, 2.24) is 9.80 Å². The Labute approximate surface area is 164 Å². The molecule has 0 aromatic heterocycles. The Hall–Kier alpha value is -2.39. The highest BCUT2D eigenvalue weighted by Gasteiger charge is 2.26. The van der Waals surface area contributed by atoms with E-state index in [2.05, 4.69) is 89.1 Å². The molecule has 0 saturated carbocycles. The van der Waals surface area contributed by atoms with Crippen molar-refractivity contribution in [1.29, 1.82) is 0 Å². The number of likely N-dealkylation sites (N-methyl/N-ethyl adjacent to an activating group) is 1. The summed E-state index contributed by atoms with van der Waals surface area (Å²) in [5.74, 6) is 1.69. The molecule has 3 heteroatoms. The maximum Gasteiger partial charge on any atom is 0.106 e. The molecule has 2 aromatic rings. The van der Waals surface area contributed by atoms with Crippen LogP contribution in [0.5, 0.6) is 0 Å². The van der Waals surface area contributed by atoms with Crippen LogP contribution >= 0.6 is 0 Å². The zero-order valence-electron chi connectivity index (χ0n) is 16.6. The van der Waals surface area contributed by atoms with E-state index in [4.69, 9.17) is 0 Å². The molecule has 0 bridgehead atoms. The maximum absolute atomic E-state index is 4.65. The van der Waals surface area contributed by atoms with Crippen molar-refractivity contribution < 1.29 is 0 Å². The van der Waals surface area contributed by atoms with E-state index < -0.39 is 0 Å². The number of allylic oxidation sites excluding steroid dienone is 1. The van der Waals surface area contributed by atoms with Gasteiger partial charge < -0.3 is 4.90 Å². The lowest BCUT2D eigenvalue weighted by molar-refractivity contribution is 0.197. The van der Waals surface area contributed by atoms with E-state index in [-0.39, 0.29) is 0 Å². The largest absolute Gasteiger partial charge is 0.337 e. The maximum atomic E-state index is 4.65. The van der Waals surface area contributed by atoms with Crippen molar-refractivity contribution >= 4 is 5.84 Å². The average molecular weight is 362 g/mol. The average Bonchev–Trinajstić information content (AvgIpc) is 2.71. The first-order valence-electron chi connectivity index (χ1n) is 9.85. The fourth-order valence-corrected chi connectivity index (χ4v) is 3.91. The monoisotopic (exact) mass is 361 g/mol. The number of likely N-dealkylation sites (tertiary alicyclic amines) is 1. The third kappa shape index (κ3) is 5.30. The molecule has 1 aliphatic heterocycles. The summed E-state index contributed by atoms with van der Waals surface area (Å²) in [7, 11) is 4.03. The fraction of sp³-hybridized carbons (Fsp3) is 0.375. The fourth-order valence-electron chi connectivity index (χ4n) is 3.91. The van der Waals surface area contributed by atoms with Crippen LogP contribution in [0.3, 0.4) is 0 Å². The van der Waals surface area contributed by atoms with Crippen LogP contribution in [0.15, 0.2) is 77.9 Å². The molecule has 0 unspecified atom stereocenters. The van der Waals surface area contributed by atoms with E-state index in [1.54, 1.807) is 0 Å². The Morgan fingerprint density at radius 1 is 1.00 bits per heavy atom. The molecule has 1 aliphatic rings. The van der Waals surface area contributed by atoms with Crippen LogP contribution in [-0.2, 0) is 13.0 Å². The van der Waals surface area contributed by atoms with Gasteiger partial charge in [-0.2, -0.15) is 0 Å². The standard InChI is InChI=1S/C24H31N3/c1-20(18-21-10-6-4-7-11-21)26(3)24(25-2)23-14-16-27(17-15-23)19-22-12-8-5-9-13-22/h4-13,23H,1,14-19H2,2-3H3. The summed E-state index contributed by atoms with van der Waals surface area (Å²) in [6.45, 7) is 7.61. The molecule has 27 heavy (non-hydrogen) atoms. The van der Waals surface area contributed by atoms with E-state index in [1.165, 1.54) is 17.0 Å². The van der Waals surface area contributed by atoms with E-state index in [0.29, 0.717) is 5.92 Å². The Kier molecular flexibility index (Phi) is 6.83. The lowest BCUT2D eigenvalue weighted by Gasteiger charge is -2.36. The molecule has 1 saturated heterocycles. The van der Waals surface area contributed by atoms with Crippen LogP contribution < -0.4 is 0 Å². The van der Waals surface area contributed by atoms with E-state index in [9.17, 15) is 0 Å². The summed E-state index contributed by atoms with van der Waals surface area (Å²) in [4.78, 5) is 9.41. The first-order valence-corrected chi connectivity index (χ1v) is 9.85. The minimum Gasteiger partial charge on any atom is -0.337 e. The Balaban J connectivity index is 1.54. The molecule has 0 radical (unpaired) electrons. The molecule has 0 aliphatic carbocycles. The first kappa shape index (κ1) is 19.4. The van der Waals surface area contributed by atoms with Gasteiger partial charge in [0, 0.05) is 38.7 Å². The zero-order valence-corrected chi connectivity index (χ0v) is 16.6. The molecule has 2 aromatic carbocycles. The van der Waals surface area contributed by atoms with E-state index in [1.807, 2.05) is 7.05 Å². The molecule has 142 valence electrons. The molecule has 0 spiro atoms. The van der Waals surface area contributed by atoms with Crippen molar-refractivity contribution in [2.45, 2.75) is 25.8 Å². The third-order valence-corrected chi connectivity index (χ3v) is 5.50. The minimum absolute atomic E-state index is 0.513. The second kappa shape index (κ2) is 9.52. The minimum atomic E-state index is 0.513. The van der Waals surface area contributed by atoms with Crippen LogP contribution in [0.1, 0.15) is 24.0 Å². The summed E-state index contributed by atoms with van der Waals surface area (Å²) in [5, 5.41) is 0. The van der Waals surface area contributed by atoms with Crippen molar-refractivity contribution in [2.24, 2.45) is 10.9 Å². The Bertz CT molecular complexity index is 744. The highest BCUT2D eigenvalue weighted by atomic mass is 15.2. The van der Waals surface area contributed by atoms with Crippen LogP contribution in [0.4, 0.5) is 0 Å².